The third-order valence-corrected chi connectivity index (χ3v) is 5.51. The van der Waals surface area contributed by atoms with E-state index in [4.69, 9.17) is 13.1 Å². The first-order chi connectivity index (χ1) is 12.6. The zero-order valence-electron chi connectivity index (χ0n) is 13.5. The molecule has 1 heterocycles. The zero-order chi connectivity index (χ0) is 22.1. The summed E-state index contributed by atoms with van der Waals surface area (Å²) in [5.74, 6) is -18.7. The smallest absolute Gasteiger partial charge is 0.431 e. The molecule has 0 unspecified atom stereocenters. The fourth-order valence-corrected chi connectivity index (χ4v) is 3.20. The van der Waals surface area contributed by atoms with E-state index in [2.05, 4.69) is 0 Å². The van der Waals surface area contributed by atoms with E-state index in [9.17, 15) is 49.5 Å². The second-order valence-electron chi connectivity index (χ2n) is 5.56. The summed E-state index contributed by atoms with van der Waals surface area (Å²) < 4.78 is 106. The molecular weight excluding hydrogens is 424 g/mol. The van der Waals surface area contributed by atoms with E-state index in [0.717, 1.165) is 0 Å². The first-order valence-electron chi connectivity index (χ1n) is 7.09. The SMILES string of the molecule is [C-]#[N+][C-]([N+]#[C-])S(=O)(=O)C(F)(F)C(F)(F)C(F)(F)C(=O)N1CCC(C(=O)[O-])CC1. The van der Waals surface area contributed by atoms with E-state index in [0.29, 0.717) is 0 Å². The number of hydrogen-bond donors (Lipinski definition) is 0. The minimum Gasteiger partial charge on any atom is -0.550 e. The predicted molar refractivity (Wildman–Crippen MR) is 74.5 cm³/mol. The summed E-state index contributed by atoms with van der Waals surface area (Å²) in [7, 11) is -6.84. The van der Waals surface area contributed by atoms with Gasteiger partial charge < -0.3 is 24.5 Å². The lowest BCUT2D eigenvalue weighted by Gasteiger charge is -2.37. The first kappa shape index (κ1) is 23.4. The van der Waals surface area contributed by atoms with Crippen molar-refractivity contribution in [3.05, 3.63) is 28.3 Å². The number of sulfone groups is 1. The number of carbonyl (C=O) groups is 2. The van der Waals surface area contributed by atoms with Crippen molar-refractivity contribution >= 4 is 21.7 Å². The van der Waals surface area contributed by atoms with Crippen molar-refractivity contribution in [2.75, 3.05) is 13.1 Å². The molecular formula is C13H9F6N3O5S-2. The van der Waals surface area contributed by atoms with Gasteiger partial charge in [-0.1, -0.05) is 0 Å². The number of likely N-dealkylation sites (tertiary alicyclic amines) is 1. The van der Waals surface area contributed by atoms with Crippen molar-refractivity contribution in [3.63, 3.8) is 0 Å². The summed E-state index contributed by atoms with van der Waals surface area (Å²) in [6.45, 7) is 10.9. The molecule has 8 nitrogen and oxygen atoms in total. The highest BCUT2D eigenvalue weighted by Crippen LogP contribution is 2.51. The van der Waals surface area contributed by atoms with E-state index >= 15 is 0 Å². The number of carbonyl (C=O) groups excluding carboxylic acids is 2. The molecule has 0 radical (unpaired) electrons. The van der Waals surface area contributed by atoms with Gasteiger partial charge in [0.15, 0.2) is 0 Å². The fourth-order valence-electron chi connectivity index (χ4n) is 2.26. The van der Waals surface area contributed by atoms with Crippen molar-refractivity contribution in [1.29, 1.82) is 0 Å². The lowest BCUT2D eigenvalue weighted by molar-refractivity contribution is -0.312. The molecule has 0 bridgehead atoms. The monoisotopic (exact) mass is 433 g/mol. The number of halogens is 6. The van der Waals surface area contributed by atoms with Gasteiger partial charge in [0.25, 0.3) is 15.7 Å². The molecule has 1 fully saturated rings. The fraction of sp³-hybridized carbons (Fsp3) is 0.615. The number of alkyl halides is 6. The van der Waals surface area contributed by atoms with Crippen LogP contribution in [0.25, 0.3) is 9.69 Å². The highest BCUT2D eigenvalue weighted by Gasteiger charge is 2.81. The van der Waals surface area contributed by atoms with Gasteiger partial charge in [0.1, 0.15) is 0 Å². The van der Waals surface area contributed by atoms with Gasteiger partial charge in [0, 0.05) is 25.0 Å². The molecule has 0 aromatic rings. The highest BCUT2D eigenvalue weighted by atomic mass is 32.2. The molecule has 0 aromatic heterocycles. The van der Waals surface area contributed by atoms with Crippen LogP contribution < -0.4 is 5.11 Å². The average Bonchev–Trinajstić information content (AvgIpc) is 2.61. The quantitative estimate of drug-likeness (QED) is 0.449. The Hall–Kier alpha value is -2.68. The third kappa shape index (κ3) is 3.42. The van der Waals surface area contributed by atoms with Gasteiger partial charge >= 0.3 is 22.6 Å². The van der Waals surface area contributed by atoms with Crippen molar-refractivity contribution in [3.8, 4) is 0 Å². The summed E-state index contributed by atoms with van der Waals surface area (Å²) in [6, 6.07) is 0. The van der Waals surface area contributed by atoms with Crippen LogP contribution in [0, 0.1) is 24.6 Å². The molecule has 1 saturated heterocycles. The molecule has 1 aliphatic rings. The van der Waals surface area contributed by atoms with Crippen molar-refractivity contribution in [2.45, 2.75) is 29.9 Å². The minimum atomic E-state index is -6.84. The maximum atomic E-state index is 14.0. The molecule has 0 N–H and O–H groups in total. The van der Waals surface area contributed by atoms with Crippen LogP contribution >= 0.6 is 0 Å². The van der Waals surface area contributed by atoms with Gasteiger partial charge in [-0.15, -0.1) is 0 Å². The van der Waals surface area contributed by atoms with Crippen LogP contribution in [0.2, 0.25) is 0 Å². The highest BCUT2D eigenvalue weighted by molar-refractivity contribution is 7.95. The summed E-state index contributed by atoms with van der Waals surface area (Å²) in [6.07, 6.45) is -0.949. The maximum Gasteiger partial charge on any atom is 0.431 e. The molecule has 0 aliphatic carbocycles. The normalized spacial score (nSPS) is 16.8. The van der Waals surface area contributed by atoms with Crippen LogP contribution in [0.15, 0.2) is 0 Å². The Kier molecular flexibility index (Phi) is 6.16. The van der Waals surface area contributed by atoms with Crippen LogP contribution in [0.1, 0.15) is 12.8 Å². The lowest BCUT2D eigenvalue weighted by Crippen LogP contribution is -2.64. The molecule has 15 heteroatoms. The van der Waals surface area contributed by atoms with E-state index < -0.39 is 76.2 Å². The number of rotatable bonds is 6. The Balaban J connectivity index is 3.24. The van der Waals surface area contributed by atoms with Crippen LogP contribution in [0.5, 0.6) is 0 Å². The third-order valence-electron chi connectivity index (χ3n) is 3.91. The molecule has 156 valence electrons. The zero-order valence-corrected chi connectivity index (χ0v) is 14.3. The van der Waals surface area contributed by atoms with Gasteiger partial charge in [0.05, 0.1) is 0 Å². The second-order valence-corrected chi connectivity index (χ2v) is 7.45. The average molecular weight is 433 g/mol. The molecule has 1 rings (SSSR count). The lowest BCUT2D eigenvalue weighted by atomic mass is 9.96. The minimum absolute atomic E-state index is 0.00952. The Labute approximate surface area is 154 Å². The summed E-state index contributed by atoms with van der Waals surface area (Å²) in [5.41, 5.74) is -2.48. The van der Waals surface area contributed by atoms with E-state index in [1.165, 1.54) is 0 Å². The Morgan fingerprint density at radius 3 is 1.82 bits per heavy atom. The maximum absolute atomic E-state index is 14.0. The second kappa shape index (κ2) is 7.38. The van der Waals surface area contributed by atoms with Gasteiger partial charge in [-0.2, -0.15) is 26.3 Å². The van der Waals surface area contributed by atoms with Crippen molar-refractivity contribution in [2.24, 2.45) is 5.92 Å². The standard InChI is InChI=1S/C13H10F6N3O5S/c1-20-10(21-2)28(26,27)13(18,19)12(16,17)11(14,15)9(25)22-5-3-7(4-6-22)8(23)24/h7H,3-6H2,(H,23,24)/q-1/p-1. The number of carboxylic acids is 1. The summed E-state index contributed by atoms with van der Waals surface area (Å²) >= 11 is 0. The van der Waals surface area contributed by atoms with E-state index in [-0.39, 0.29) is 4.90 Å². The van der Waals surface area contributed by atoms with Gasteiger partial charge in [-0.25, -0.2) is 8.42 Å². The van der Waals surface area contributed by atoms with Crippen LogP contribution in [0.4, 0.5) is 26.3 Å². The number of aliphatic carboxylic acids is 1. The molecule has 0 saturated carbocycles. The van der Waals surface area contributed by atoms with Crippen molar-refractivity contribution < 1.29 is 49.5 Å². The number of piperidine rings is 1. The molecule has 0 aromatic carbocycles. The van der Waals surface area contributed by atoms with Crippen LogP contribution in [0.3, 0.4) is 0 Å². The van der Waals surface area contributed by atoms with Crippen molar-refractivity contribution in [1.82, 2.24) is 4.90 Å². The van der Waals surface area contributed by atoms with Crippen LogP contribution in [-0.2, 0) is 19.4 Å². The first-order valence-corrected chi connectivity index (χ1v) is 8.58. The van der Waals surface area contributed by atoms with Gasteiger partial charge in [-0.05, 0) is 12.8 Å². The number of amides is 1. The summed E-state index contributed by atoms with van der Waals surface area (Å²) in [4.78, 5) is 26.0. The van der Waals surface area contributed by atoms with Crippen LogP contribution in [-0.4, -0.2) is 55.4 Å². The molecule has 1 amide bonds. The molecule has 1 aliphatic heterocycles. The van der Waals surface area contributed by atoms with Gasteiger partial charge in [0.2, 0.25) is 0 Å². The summed E-state index contributed by atoms with van der Waals surface area (Å²) in [5, 5.41) is 3.99. The topological polar surface area (TPSA) is 103 Å². The van der Waals surface area contributed by atoms with E-state index in [1.54, 1.807) is 0 Å². The molecule has 0 atom stereocenters. The Morgan fingerprint density at radius 2 is 1.46 bits per heavy atom. The van der Waals surface area contributed by atoms with E-state index in [1.807, 2.05) is 9.69 Å². The molecule has 0 spiro atoms. The largest absolute Gasteiger partial charge is 0.550 e. The molecule has 28 heavy (non-hydrogen) atoms. The Morgan fingerprint density at radius 1 is 1.04 bits per heavy atom. The number of nitrogens with zero attached hydrogens (tertiary/aromatic N) is 3. The number of hydrogen-bond acceptors (Lipinski definition) is 5. The van der Waals surface area contributed by atoms with Gasteiger partial charge in [-0.3, -0.25) is 17.9 Å². The number of carboxylic acid groups (broad SMARTS) is 1. The predicted octanol–water partition coefficient (Wildman–Crippen LogP) is 0.539. The Bertz CT molecular complexity index is 826.